The van der Waals surface area contributed by atoms with Gasteiger partial charge >= 0.3 is 0 Å². The lowest BCUT2D eigenvalue weighted by atomic mass is 10.2. The van der Waals surface area contributed by atoms with E-state index in [9.17, 15) is 5.11 Å². The molecular formula is C17H19NOS. The van der Waals surface area contributed by atoms with Crippen molar-refractivity contribution in [3.8, 4) is 5.75 Å². The fourth-order valence-corrected chi connectivity index (χ4v) is 2.84. The maximum atomic E-state index is 9.73. The van der Waals surface area contributed by atoms with Crippen molar-refractivity contribution in [3.63, 3.8) is 0 Å². The summed E-state index contributed by atoms with van der Waals surface area (Å²) < 4.78 is 0. The molecule has 0 heterocycles. The van der Waals surface area contributed by atoms with E-state index in [1.54, 1.807) is 18.3 Å². The molecule has 0 unspecified atom stereocenters. The van der Waals surface area contributed by atoms with Crippen molar-refractivity contribution >= 4 is 23.7 Å². The third-order valence-electron chi connectivity index (χ3n) is 2.90. The van der Waals surface area contributed by atoms with E-state index >= 15 is 0 Å². The Hall–Kier alpha value is -1.74. The Morgan fingerprint density at radius 1 is 1.10 bits per heavy atom. The van der Waals surface area contributed by atoms with Gasteiger partial charge in [-0.05, 0) is 36.4 Å². The van der Waals surface area contributed by atoms with Crippen LogP contribution in [0.2, 0.25) is 0 Å². The van der Waals surface area contributed by atoms with E-state index in [2.05, 4.69) is 18.0 Å². The first-order chi connectivity index (χ1) is 9.81. The topological polar surface area (TPSA) is 32.6 Å². The first-order valence-corrected chi connectivity index (χ1v) is 7.83. The Balaban J connectivity index is 2.14. The maximum absolute atomic E-state index is 9.73. The molecule has 2 aromatic rings. The van der Waals surface area contributed by atoms with Crippen LogP contribution < -0.4 is 0 Å². The number of hydrogen-bond donors (Lipinski definition) is 1. The number of aliphatic imine (C=N–C) groups is 1. The lowest BCUT2D eigenvalue weighted by Crippen LogP contribution is -1.83. The summed E-state index contributed by atoms with van der Waals surface area (Å²) in [6.07, 6.45) is 4.13. The molecule has 3 heteroatoms. The number of nitrogens with zero attached hydrogens (tertiary/aromatic N) is 1. The molecule has 104 valence electrons. The fourth-order valence-electron chi connectivity index (χ4n) is 1.75. The van der Waals surface area contributed by atoms with Gasteiger partial charge in [-0.1, -0.05) is 37.6 Å². The molecule has 0 amide bonds. The zero-order valence-corrected chi connectivity index (χ0v) is 12.4. The van der Waals surface area contributed by atoms with Crippen LogP contribution >= 0.6 is 11.8 Å². The highest BCUT2D eigenvalue weighted by Crippen LogP contribution is 2.30. The fraction of sp³-hybridized carbons (Fsp3) is 0.235. The molecule has 2 aromatic carbocycles. The van der Waals surface area contributed by atoms with Crippen molar-refractivity contribution in [1.82, 2.24) is 0 Å². The van der Waals surface area contributed by atoms with Gasteiger partial charge in [-0.15, -0.1) is 11.8 Å². The van der Waals surface area contributed by atoms with Gasteiger partial charge in [0.1, 0.15) is 5.75 Å². The van der Waals surface area contributed by atoms with Gasteiger partial charge < -0.3 is 5.11 Å². The van der Waals surface area contributed by atoms with Crippen molar-refractivity contribution in [2.45, 2.75) is 24.7 Å². The van der Waals surface area contributed by atoms with E-state index in [1.165, 1.54) is 17.7 Å². The van der Waals surface area contributed by atoms with E-state index in [4.69, 9.17) is 0 Å². The van der Waals surface area contributed by atoms with E-state index < -0.39 is 0 Å². The lowest BCUT2D eigenvalue weighted by molar-refractivity contribution is 0.474. The van der Waals surface area contributed by atoms with Gasteiger partial charge in [-0.25, -0.2) is 0 Å². The van der Waals surface area contributed by atoms with Crippen LogP contribution in [0.4, 0.5) is 5.69 Å². The first kappa shape index (κ1) is 14.7. The van der Waals surface area contributed by atoms with E-state index in [1.807, 2.05) is 42.1 Å². The molecule has 0 saturated carbocycles. The van der Waals surface area contributed by atoms with E-state index in [-0.39, 0.29) is 5.75 Å². The first-order valence-electron chi connectivity index (χ1n) is 6.85. The zero-order chi connectivity index (χ0) is 14.2. The summed E-state index contributed by atoms with van der Waals surface area (Å²) in [7, 11) is 0. The summed E-state index contributed by atoms with van der Waals surface area (Å²) >= 11 is 1.83. The van der Waals surface area contributed by atoms with Crippen LogP contribution in [-0.2, 0) is 0 Å². The van der Waals surface area contributed by atoms with Crippen molar-refractivity contribution in [2.24, 2.45) is 4.99 Å². The molecule has 0 aliphatic rings. The van der Waals surface area contributed by atoms with Crippen LogP contribution in [0.5, 0.6) is 5.75 Å². The molecule has 2 nitrogen and oxygen atoms in total. The molecule has 0 saturated heterocycles. The van der Waals surface area contributed by atoms with Crippen molar-refractivity contribution in [2.75, 3.05) is 5.75 Å². The highest BCUT2D eigenvalue weighted by atomic mass is 32.2. The Kier molecular flexibility index (Phi) is 5.69. The molecule has 2 rings (SSSR count). The molecule has 0 radical (unpaired) electrons. The smallest absolute Gasteiger partial charge is 0.124 e. The number of para-hydroxylation sites is 2. The standard InChI is InChI=1S/C17H19NOS/c1-2-3-12-20-17-11-7-5-9-15(17)18-13-14-8-4-6-10-16(14)19/h4-11,13,19H,2-3,12H2,1H3/b18-13-. The molecule has 0 bridgehead atoms. The number of thioether (sulfide) groups is 1. The molecule has 0 spiro atoms. The van der Waals surface area contributed by atoms with Crippen molar-refractivity contribution in [3.05, 3.63) is 54.1 Å². The minimum Gasteiger partial charge on any atom is -0.507 e. The van der Waals surface area contributed by atoms with Crippen LogP contribution in [0.3, 0.4) is 0 Å². The minimum absolute atomic E-state index is 0.257. The lowest BCUT2D eigenvalue weighted by Gasteiger charge is -2.04. The summed E-state index contributed by atoms with van der Waals surface area (Å²) in [4.78, 5) is 5.70. The third kappa shape index (κ3) is 4.14. The van der Waals surface area contributed by atoms with Gasteiger partial charge in [0.25, 0.3) is 0 Å². The summed E-state index contributed by atoms with van der Waals surface area (Å²) in [5.41, 5.74) is 1.69. The number of rotatable bonds is 6. The Labute approximate surface area is 124 Å². The van der Waals surface area contributed by atoms with Crippen LogP contribution in [-0.4, -0.2) is 17.1 Å². The van der Waals surface area contributed by atoms with Gasteiger partial charge in [-0.3, -0.25) is 4.99 Å². The molecule has 0 aromatic heterocycles. The monoisotopic (exact) mass is 285 g/mol. The van der Waals surface area contributed by atoms with Gasteiger partial charge in [0.15, 0.2) is 0 Å². The minimum atomic E-state index is 0.257. The predicted octanol–water partition coefficient (Wildman–Crippen LogP) is 5.04. The quantitative estimate of drug-likeness (QED) is 0.458. The van der Waals surface area contributed by atoms with Crippen LogP contribution in [0, 0.1) is 0 Å². The molecule has 20 heavy (non-hydrogen) atoms. The number of hydrogen-bond acceptors (Lipinski definition) is 3. The normalized spacial score (nSPS) is 11.1. The largest absolute Gasteiger partial charge is 0.507 e. The van der Waals surface area contributed by atoms with Gasteiger partial charge in [0.05, 0.1) is 5.69 Å². The molecule has 0 fully saturated rings. The highest BCUT2D eigenvalue weighted by Gasteiger charge is 2.01. The van der Waals surface area contributed by atoms with E-state index in [0.717, 1.165) is 17.0 Å². The number of phenols is 1. The SMILES string of the molecule is CCCCSc1ccccc1/N=C\c1ccccc1O. The summed E-state index contributed by atoms with van der Waals surface area (Å²) in [5, 5.41) is 9.73. The highest BCUT2D eigenvalue weighted by molar-refractivity contribution is 7.99. The number of aromatic hydroxyl groups is 1. The Morgan fingerprint density at radius 3 is 2.65 bits per heavy atom. The summed E-state index contributed by atoms with van der Waals surface area (Å²) in [6.45, 7) is 2.20. The van der Waals surface area contributed by atoms with E-state index in [0.29, 0.717) is 0 Å². The number of unbranched alkanes of at least 4 members (excludes halogenated alkanes) is 1. The number of benzene rings is 2. The Bertz CT molecular complexity index is 581. The van der Waals surface area contributed by atoms with Gasteiger partial charge in [0.2, 0.25) is 0 Å². The van der Waals surface area contributed by atoms with Crippen LogP contribution in [0.1, 0.15) is 25.3 Å². The van der Waals surface area contributed by atoms with Crippen molar-refractivity contribution in [1.29, 1.82) is 0 Å². The Morgan fingerprint density at radius 2 is 1.85 bits per heavy atom. The predicted molar refractivity (Wildman–Crippen MR) is 87.4 cm³/mol. The third-order valence-corrected chi connectivity index (χ3v) is 4.05. The molecule has 0 aliphatic heterocycles. The average molecular weight is 285 g/mol. The molecule has 1 N–H and O–H groups in total. The van der Waals surface area contributed by atoms with Gasteiger partial charge in [0, 0.05) is 16.7 Å². The average Bonchev–Trinajstić information content (AvgIpc) is 2.48. The second-order valence-electron chi connectivity index (χ2n) is 4.49. The van der Waals surface area contributed by atoms with Crippen LogP contribution in [0.25, 0.3) is 0 Å². The summed E-state index contributed by atoms with van der Waals surface area (Å²) in [6, 6.07) is 15.3. The number of phenolic OH excluding ortho intramolecular Hbond substituents is 1. The molecular weight excluding hydrogens is 266 g/mol. The van der Waals surface area contributed by atoms with Crippen LogP contribution in [0.15, 0.2) is 58.4 Å². The second kappa shape index (κ2) is 7.75. The zero-order valence-electron chi connectivity index (χ0n) is 11.6. The summed E-state index contributed by atoms with van der Waals surface area (Å²) in [5.74, 6) is 1.37. The maximum Gasteiger partial charge on any atom is 0.124 e. The molecule has 0 aliphatic carbocycles. The van der Waals surface area contributed by atoms with Crippen molar-refractivity contribution < 1.29 is 5.11 Å². The van der Waals surface area contributed by atoms with Gasteiger partial charge in [-0.2, -0.15) is 0 Å². The molecule has 0 atom stereocenters. The second-order valence-corrected chi connectivity index (χ2v) is 5.62.